The summed E-state index contributed by atoms with van der Waals surface area (Å²) < 4.78 is 1.70. The number of hydrogen-bond acceptors (Lipinski definition) is 5. The molecule has 2 N–H and O–H groups in total. The predicted octanol–water partition coefficient (Wildman–Crippen LogP) is 3.71. The van der Waals surface area contributed by atoms with Crippen LogP contribution in [-0.4, -0.2) is 36.5 Å². The van der Waals surface area contributed by atoms with Crippen molar-refractivity contribution in [2.75, 3.05) is 0 Å². The number of hydrogen-bond donors (Lipinski definition) is 2. The van der Waals surface area contributed by atoms with Crippen LogP contribution in [-0.2, 0) is 12.8 Å². The zero-order valence-corrected chi connectivity index (χ0v) is 15.4. The van der Waals surface area contributed by atoms with Crippen LogP contribution in [0.5, 0.6) is 0 Å². The molecule has 0 unspecified atom stereocenters. The molecule has 132 valence electrons. The number of nitrogens with one attached hydrogen (secondary N) is 2. The van der Waals surface area contributed by atoms with Gasteiger partial charge in [0.2, 0.25) is 0 Å². The van der Waals surface area contributed by atoms with Crippen molar-refractivity contribution in [1.82, 2.24) is 29.8 Å². The van der Waals surface area contributed by atoms with Crippen LogP contribution < -0.4 is 0 Å². The molecule has 0 saturated carbocycles. The molecule has 3 rings (SSSR count). The van der Waals surface area contributed by atoms with Crippen molar-refractivity contribution in [2.24, 2.45) is 0 Å². The second-order valence-corrected chi connectivity index (χ2v) is 4.52. The average molecular weight is 331 g/mol. The maximum absolute atomic E-state index is 5.50. The zero-order valence-electron chi connectivity index (χ0n) is 15.4. The van der Waals surface area contributed by atoms with E-state index >= 15 is 0 Å². The van der Waals surface area contributed by atoms with E-state index in [1.165, 1.54) is 6.42 Å². The Morgan fingerprint density at radius 3 is 2.38 bits per heavy atom. The highest BCUT2D eigenvalue weighted by Crippen LogP contribution is 2.15. The van der Waals surface area contributed by atoms with E-state index in [9.17, 15) is 0 Å². The molecule has 3 aromatic heterocycles. The van der Waals surface area contributed by atoms with Crippen LogP contribution in [0.25, 0.3) is 5.65 Å². The Kier molecular flexibility index (Phi) is 11.5. The van der Waals surface area contributed by atoms with Gasteiger partial charge in [0.05, 0.1) is 5.69 Å². The van der Waals surface area contributed by atoms with E-state index in [0.717, 1.165) is 35.4 Å². The summed E-state index contributed by atoms with van der Waals surface area (Å²) in [7, 11) is 0. The molecule has 7 nitrogen and oxygen atoms in total. The van der Waals surface area contributed by atoms with Crippen LogP contribution in [0.4, 0.5) is 0 Å². The van der Waals surface area contributed by atoms with E-state index < -0.39 is 0 Å². The van der Waals surface area contributed by atoms with E-state index in [4.69, 9.17) is 5.41 Å². The topological polar surface area (TPSA) is 95.6 Å². The summed E-state index contributed by atoms with van der Waals surface area (Å²) in [4.78, 5) is 8.70. The number of rotatable bonds is 3. The summed E-state index contributed by atoms with van der Waals surface area (Å²) in [5, 5.41) is 16.5. The lowest BCUT2D eigenvalue weighted by Crippen LogP contribution is -2.04. The van der Waals surface area contributed by atoms with E-state index in [0.29, 0.717) is 0 Å². The Labute approximate surface area is 144 Å². The molecule has 3 heterocycles. The molecule has 0 spiro atoms. The molecule has 0 aromatic carbocycles. The Bertz CT molecular complexity index is 659. The summed E-state index contributed by atoms with van der Waals surface area (Å²) >= 11 is 0. The minimum Gasteiger partial charge on any atom is -0.317 e. The van der Waals surface area contributed by atoms with E-state index in [1.54, 1.807) is 23.4 Å². The fourth-order valence-corrected chi connectivity index (χ4v) is 1.96. The molecule has 7 heteroatoms. The first-order chi connectivity index (χ1) is 11.8. The molecule has 3 aromatic rings. The maximum Gasteiger partial charge on any atom is 0.162 e. The van der Waals surface area contributed by atoms with Crippen LogP contribution in [0.1, 0.15) is 58.0 Å². The summed E-state index contributed by atoms with van der Waals surface area (Å²) in [5.74, 6) is 0. The Balaban J connectivity index is 0.000000667. The second kappa shape index (κ2) is 12.9. The van der Waals surface area contributed by atoms with Gasteiger partial charge in [0.15, 0.2) is 5.65 Å². The van der Waals surface area contributed by atoms with Gasteiger partial charge in [-0.3, -0.25) is 5.10 Å². The van der Waals surface area contributed by atoms with Crippen LogP contribution in [0, 0.1) is 5.41 Å². The molecular weight excluding hydrogens is 302 g/mol. The van der Waals surface area contributed by atoms with Gasteiger partial charge in [0, 0.05) is 23.9 Å². The maximum atomic E-state index is 5.50. The van der Waals surface area contributed by atoms with Gasteiger partial charge in [0.25, 0.3) is 0 Å². The predicted molar refractivity (Wildman–Crippen MR) is 98.7 cm³/mol. The molecule has 0 radical (unpaired) electrons. The number of aromatic amines is 1. The summed E-state index contributed by atoms with van der Waals surface area (Å²) in [6.07, 6.45) is 7.88. The number of aromatic nitrogens is 6. The number of aryl methyl sites for hydroxylation is 1. The molecule has 0 saturated heterocycles. The van der Waals surface area contributed by atoms with Gasteiger partial charge in [-0.25, -0.2) is 14.5 Å². The molecular formula is C17H29N7. The molecule has 0 amide bonds. The molecule has 0 aliphatic carbocycles. The van der Waals surface area contributed by atoms with Gasteiger partial charge in [-0.15, -0.1) is 0 Å². The fraction of sp³-hybridized carbons (Fsp3) is 0.471. The first-order valence-corrected chi connectivity index (χ1v) is 8.29. The molecule has 0 bridgehead atoms. The third kappa shape index (κ3) is 5.91. The van der Waals surface area contributed by atoms with Gasteiger partial charge in [0.1, 0.15) is 12.7 Å². The van der Waals surface area contributed by atoms with Gasteiger partial charge in [-0.1, -0.05) is 41.0 Å². The molecule has 24 heavy (non-hydrogen) atoms. The first-order valence-electron chi connectivity index (χ1n) is 8.29. The minimum atomic E-state index is 0.743. The highest BCUT2D eigenvalue weighted by molar-refractivity contribution is 5.48. The molecule has 0 fully saturated rings. The van der Waals surface area contributed by atoms with Crippen LogP contribution in [0.2, 0.25) is 0 Å². The van der Waals surface area contributed by atoms with Crippen LogP contribution in [0.15, 0.2) is 24.9 Å². The van der Waals surface area contributed by atoms with E-state index in [-0.39, 0.29) is 0 Å². The number of fused-ring (bicyclic) bond motifs is 1. The third-order valence-corrected chi connectivity index (χ3v) is 2.78. The summed E-state index contributed by atoms with van der Waals surface area (Å²) in [6, 6.07) is 1.95. The monoisotopic (exact) mass is 331 g/mol. The standard InChI is InChI=1S/C11H12N6.C3H8.C2H6.CH3N/c1-2-9-10(5-8-3-4-14-16-8)13-7-17-11(9)12-6-15-17;1-3-2;2*1-2/h3-4,6-7H,2,5H2,1H3,(H,14,16);3H2,1-2H3;1-2H3;2H,1H2. The van der Waals surface area contributed by atoms with Crippen molar-refractivity contribution in [2.45, 2.75) is 53.9 Å². The lowest BCUT2D eigenvalue weighted by atomic mass is 10.1. The molecule has 0 aliphatic rings. The van der Waals surface area contributed by atoms with Crippen molar-refractivity contribution in [1.29, 1.82) is 5.41 Å². The second-order valence-electron chi connectivity index (χ2n) is 4.52. The Hall–Kier alpha value is -2.57. The number of H-pyrrole nitrogens is 1. The zero-order chi connectivity index (χ0) is 18.4. The van der Waals surface area contributed by atoms with Crippen molar-refractivity contribution in [3.8, 4) is 0 Å². The smallest absolute Gasteiger partial charge is 0.162 e. The van der Waals surface area contributed by atoms with E-state index in [1.807, 2.05) is 19.9 Å². The van der Waals surface area contributed by atoms with Crippen LogP contribution in [0.3, 0.4) is 0 Å². The summed E-state index contributed by atoms with van der Waals surface area (Å²) in [6.45, 7) is 12.8. The average Bonchev–Trinajstić information content (AvgIpc) is 3.30. The molecule has 0 aliphatic heterocycles. The lowest BCUT2D eigenvalue weighted by Gasteiger charge is -2.06. The Morgan fingerprint density at radius 1 is 1.17 bits per heavy atom. The fourth-order valence-electron chi connectivity index (χ4n) is 1.96. The van der Waals surface area contributed by atoms with Gasteiger partial charge >= 0.3 is 0 Å². The van der Waals surface area contributed by atoms with E-state index in [2.05, 4.69) is 52.8 Å². The van der Waals surface area contributed by atoms with Crippen molar-refractivity contribution in [3.63, 3.8) is 0 Å². The van der Waals surface area contributed by atoms with Gasteiger partial charge < -0.3 is 5.41 Å². The summed E-state index contributed by atoms with van der Waals surface area (Å²) in [5.41, 5.74) is 4.10. The van der Waals surface area contributed by atoms with Gasteiger partial charge in [-0.2, -0.15) is 10.2 Å². The largest absolute Gasteiger partial charge is 0.317 e. The van der Waals surface area contributed by atoms with Crippen LogP contribution >= 0.6 is 0 Å². The quantitative estimate of drug-likeness (QED) is 0.715. The first kappa shape index (κ1) is 21.4. The minimum absolute atomic E-state index is 0.743. The van der Waals surface area contributed by atoms with Gasteiger partial charge in [-0.05, 0) is 19.2 Å². The van der Waals surface area contributed by atoms with Crippen molar-refractivity contribution < 1.29 is 0 Å². The molecule has 0 atom stereocenters. The third-order valence-electron chi connectivity index (χ3n) is 2.78. The highest BCUT2D eigenvalue weighted by Gasteiger charge is 2.10. The Morgan fingerprint density at radius 2 is 1.83 bits per heavy atom. The van der Waals surface area contributed by atoms with Crippen molar-refractivity contribution in [3.05, 3.63) is 41.9 Å². The SMILES string of the molecule is C=N.CC.CCC.CCc1c(Cc2ccn[nH]2)ncn2ncnc12. The number of nitrogens with zero attached hydrogens (tertiary/aromatic N) is 5. The lowest BCUT2D eigenvalue weighted by molar-refractivity contribution is 0.860. The normalized spacial score (nSPS) is 9.04. The highest BCUT2D eigenvalue weighted by atomic mass is 15.3. The van der Waals surface area contributed by atoms with Crippen molar-refractivity contribution >= 4 is 12.4 Å².